The monoisotopic (exact) mass is 406 g/mol. The Morgan fingerprint density at radius 2 is 2.00 bits per heavy atom. The van der Waals surface area contributed by atoms with Gasteiger partial charge in [-0.2, -0.15) is 5.26 Å². The van der Waals surface area contributed by atoms with E-state index >= 15 is 0 Å². The fraction of sp³-hybridized carbons (Fsp3) is 0.857. The number of nitrogens with one attached hydrogen (secondary N) is 3. The Morgan fingerprint density at radius 3 is 2.59 bits per heavy atom. The van der Waals surface area contributed by atoms with Gasteiger partial charge in [-0.3, -0.25) is 9.69 Å². The van der Waals surface area contributed by atoms with Gasteiger partial charge in [-0.25, -0.2) is 4.79 Å². The molecule has 164 valence electrons. The number of likely N-dealkylation sites (tertiary alicyclic amines) is 1. The zero-order valence-corrected chi connectivity index (χ0v) is 18.4. The maximum absolute atomic E-state index is 12.9. The molecule has 2 fully saturated rings. The number of carbonyl (C=O) groups is 2. The van der Waals surface area contributed by atoms with Gasteiger partial charge >= 0.3 is 6.03 Å². The predicted molar refractivity (Wildman–Crippen MR) is 113 cm³/mol. The number of rotatable bonds is 7. The summed E-state index contributed by atoms with van der Waals surface area (Å²) >= 11 is 0. The van der Waals surface area contributed by atoms with Gasteiger partial charge in [-0.15, -0.1) is 0 Å². The zero-order chi connectivity index (χ0) is 21.4. The second-order valence-corrected chi connectivity index (χ2v) is 9.08. The third kappa shape index (κ3) is 7.16. The predicted octanol–water partition coefficient (Wildman–Crippen LogP) is 1.35. The van der Waals surface area contributed by atoms with E-state index in [2.05, 4.69) is 34.9 Å². The molecule has 0 aliphatic carbocycles. The smallest absolute Gasteiger partial charge is 0.318 e. The number of piperidine rings is 2. The standard InChI is InChI=1S/C21H38N6O2/c1-15(2)12-18(20(28)23-10-9-22)25-21(29)27-11-5-6-17(14-27)16-7-8-19(24-13-16)26(3)4/h15-19,24H,5-8,10-14H2,1-4H3,(H,23,28)(H,25,29). The number of hydrogen-bond acceptors (Lipinski definition) is 5. The Morgan fingerprint density at radius 1 is 1.24 bits per heavy atom. The molecule has 4 unspecified atom stereocenters. The van der Waals surface area contributed by atoms with E-state index in [4.69, 9.17) is 5.26 Å². The van der Waals surface area contributed by atoms with Gasteiger partial charge in [-0.1, -0.05) is 13.8 Å². The first-order chi connectivity index (χ1) is 13.8. The van der Waals surface area contributed by atoms with Gasteiger partial charge in [-0.05, 0) is 70.5 Å². The molecule has 0 spiro atoms. The molecule has 0 aromatic carbocycles. The minimum absolute atomic E-state index is 0.0439. The quantitative estimate of drug-likeness (QED) is 0.554. The fourth-order valence-corrected chi connectivity index (χ4v) is 4.48. The van der Waals surface area contributed by atoms with Crippen LogP contribution < -0.4 is 16.0 Å². The Kier molecular flexibility index (Phi) is 9.18. The van der Waals surface area contributed by atoms with Crippen molar-refractivity contribution in [3.8, 4) is 6.07 Å². The van der Waals surface area contributed by atoms with E-state index in [1.165, 1.54) is 6.42 Å². The van der Waals surface area contributed by atoms with Crippen molar-refractivity contribution in [1.29, 1.82) is 5.26 Å². The lowest BCUT2D eigenvalue weighted by Crippen LogP contribution is -2.55. The summed E-state index contributed by atoms with van der Waals surface area (Å²) < 4.78 is 0. The summed E-state index contributed by atoms with van der Waals surface area (Å²) in [5, 5.41) is 17.8. The minimum Gasteiger partial charge on any atom is -0.341 e. The summed E-state index contributed by atoms with van der Waals surface area (Å²) in [7, 11) is 4.20. The number of carbonyl (C=O) groups excluding carboxylic acids is 2. The Bertz CT molecular complexity index is 580. The van der Waals surface area contributed by atoms with Crippen molar-refractivity contribution in [2.75, 3.05) is 40.3 Å². The minimum atomic E-state index is -0.603. The maximum atomic E-state index is 12.9. The van der Waals surface area contributed by atoms with E-state index in [1.54, 1.807) is 0 Å². The van der Waals surface area contributed by atoms with Crippen molar-refractivity contribution >= 4 is 11.9 Å². The summed E-state index contributed by atoms with van der Waals surface area (Å²) in [6.45, 7) is 6.47. The van der Waals surface area contributed by atoms with Crippen molar-refractivity contribution in [3.63, 3.8) is 0 Å². The van der Waals surface area contributed by atoms with Gasteiger partial charge in [0.05, 0.1) is 12.2 Å². The van der Waals surface area contributed by atoms with E-state index in [0.717, 1.165) is 38.9 Å². The van der Waals surface area contributed by atoms with Crippen LogP contribution in [0.25, 0.3) is 0 Å². The third-order valence-electron chi connectivity index (χ3n) is 6.12. The molecule has 4 atom stereocenters. The molecule has 2 saturated heterocycles. The van der Waals surface area contributed by atoms with Gasteiger partial charge < -0.3 is 20.9 Å². The second-order valence-electron chi connectivity index (χ2n) is 9.08. The van der Waals surface area contributed by atoms with Crippen molar-refractivity contribution in [3.05, 3.63) is 0 Å². The van der Waals surface area contributed by atoms with E-state index in [1.807, 2.05) is 24.8 Å². The van der Waals surface area contributed by atoms with Gasteiger partial charge in [0, 0.05) is 13.1 Å². The Hall–Kier alpha value is -1.85. The summed E-state index contributed by atoms with van der Waals surface area (Å²) in [5.74, 6) is 1.07. The van der Waals surface area contributed by atoms with Crippen molar-refractivity contribution in [1.82, 2.24) is 25.8 Å². The number of urea groups is 1. The van der Waals surface area contributed by atoms with Crippen LogP contribution >= 0.6 is 0 Å². The molecule has 2 aliphatic rings. The van der Waals surface area contributed by atoms with Gasteiger partial charge in [0.25, 0.3) is 0 Å². The van der Waals surface area contributed by atoms with Crippen LogP contribution in [0.3, 0.4) is 0 Å². The summed E-state index contributed by atoms with van der Waals surface area (Å²) in [4.78, 5) is 29.3. The van der Waals surface area contributed by atoms with Crippen LogP contribution in [0.5, 0.6) is 0 Å². The lowest BCUT2D eigenvalue weighted by atomic mass is 9.80. The summed E-state index contributed by atoms with van der Waals surface area (Å²) in [6, 6.07) is 1.14. The largest absolute Gasteiger partial charge is 0.341 e. The molecule has 8 nitrogen and oxygen atoms in total. The highest BCUT2D eigenvalue weighted by Gasteiger charge is 2.33. The van der Waals surface area contributed by atoms with E-state index in [0.29, 0.717) is 24.4 Å². The van der Waals surface area contributed by atoms with E-state index < -0.39 is 6.04 Å². The van der Waals surface area contributed by atoms with E-state index in [9.17, 15) is 9.59 Å². The molecule has 8 heteroatoms. The first kappa shape index (κ1) is 23.4. The molecule has 3 N–H and O–H groups in total. The highest BCUT2D eigenvalue weighted by molar-refractivity contribution is 5.87. The zero-order valence-electron chi connectivity index (χ0n) is 18.4. The van der Waals surface area contributed by atoms with Gasteiger partial charge in [0.1, 0.15) is 12.6 Å². The first-order valence-electron chi connectivity index (χ1n) is 10.9. The molecule has 0 radical (unpaired) electrons. The average Bonchev–Trinajstić information content (AvgIpc) is 2.71. The normalized spacial score (nSPS) is 26.1. The molecule has 2 aliphatic heterocycles. The number of amides is 3. The number of nitriles is 1. The number of hydrogen-bond donors (Lipinski definition) is 3. The SMILES string of the molecule is CC(C)CC(NC(=O)N1CCCC(C2CCC(N(C)C)NC2)C1)C(=O)NCC#N. The highest BCUT2D eigenvalue weighted by Crippen LogP contribution is 2.30. The molecule has 0 bridgehead atoms. The second kappa shape index (κ2) is 11.4. The summed E-state index contributed by atoms with van der Waals surface area (Å²) in [6.07, 6.45) is 5.47. The summed E-state index contributed by atoms with van der Waals surface area (Å²) in [5.41, 5.74) is 0. The van der Waals surface area contributed by atoms with E-state index in [-0.39, 0.29) is 24.4 Å². The highest BCUT2D eigenvalue weighted by atomic mass is 16.2. The van der Waals surface area contributed by atoms with Crippen LogP contribution in [0.2, 0.25) is 0 Å². The maximum Gasteiger partial charge on any atom is 0.318 e. The molecular formula is C21H38N6O2. The van der Waals surface area contributed by atoms with Crippen LogP contribution in [0, 0.1) is 29.1 Å². The Balaban J connectivity index is 1.90. The first-order valence-corrected chi connectivity index (χ1v) is 10.9. The van der Waals surface area contributed by atoms with Crippen molar-refractivity contribution in [2.24, 2.45) is 17.8 Å². The molecule has 3 amide bonds. The number of nitrogens with zero attached hydrogens (tertiary/aromatic N) is 3. The fourth-order valence-electron chi connectivity index (χ4n) is 4.48. The Labute approximate surface area is 175 Å². The third-order valence-corrected chi connectivity index (χ3v) is 6.12. The lowest BCUT2D eigenvalue weighted by molar-refractivity contribution is -0.123. The van der Waals surface area contributed by atoms with Crippen LogP contribution in [0.1, 0.15) is 46.0 Å². The van der Waals surface area contributed by atoms with Crippen molar-refractivity contribution < 1.29 is 9.59 Å². The molecule has 0 aromatic heterocycles. The molecule has 0 aromatic rings. The average molecular weight is 407 g/mol. The van der Waals surface area contributed by atoms with Crippen LogP contribution in [0.4, 0.5) is 4.79 Å². The van der Waals surface area contributed by atoms with Crippen LogP contribution in [-0.4, -0.2) is 74.2 Å². The van der Waals surface area contributed by atoms with Crippen molar-refractivity contribution in [2.45, 2.75) is 58.2 Å². The molecule has 0 saturated carbocycles. The lowest BCUT2D eigenvalue weighted by Gasteiger charge is -2.41. The van der Waals surface area contributed by atoms with Gasteiger partial charge in [0.2, 0.25) is 5.91 Å². The molecule has 2 heterocycles. The van der Waals surface area contributed by atoms with Crippen LogP contribution in [-0.2, 0) is 4.79 Å². The van der Waals surface area contributed by atoms with Gasteiger partial charge in [0.15, 0.2) is 0 Å². The molecule has 29 heavy (non-hydrogen) atoms. The topological polar surface area (TPSA) is 100 Å². The molecular weight excluding hydrogens is 368 g/mol. The van der Waals surface area contributed by atoms with Crippen LogP contribution in [0.15, 0.2) is 0 Å². The molecule has 2 rings (SSSR count).